The van der Waals surface area contributed by atoms with Gasteiger partial charge < -0.3 is 20.4 Å². The van der Waals surface area contributed by atoms with E-state index in [0.717, 1.165) is 69.9 Å². The highest BCUT2D eigenvalue weighted by atomic mass is 79.9. The first-order valence-electron chi connectivity index (χ1n) is 11.7. The Kier molecular flexibility index (Phi) is 7.14. The van der Waals surface area contributed by atoms with Crippen LogP contribution in [0.4, 0.5) is 10.5 Å². The molecule has 2 N–H and O–H groups in total. The molecule has 0 radical (unpaired) electrons. The Morgan fingerprint density at radius 2 is 1.88 bits per heavy atom. The van der Waals surface area contributed by atoms with E-state index in [1.54, 1.807) is 17.2 Å². The third-order valence-corrected chi connectivity index (χ3v) is 7.61. The summed E-state index contributed by atoms with van der Waals surface area (Å²) in [5, 5.41) is 0. The summed E-state index contributed by atoms with van der Waals surface area (Å²) in [6.45, 7) is 8.80. The number of nitrogens with zero attached hydrogens (tertiary/aromatic N) is 5. The average molecular weight is 516 g/mol. The van der Waals surface area contributed by atoms with Gasteiger partial charge in [-0.05, 0) is 72.4 Å². The van der Waals surface area contributed by atoms with E-state index < -0.39 is 0 Å². The fourth-order valence-electron chi connectivity index (χ4n) is 5.64. The zero-order valence-corrected chi connectivity index (χ0v) is 21.3. The van der Waals surface area contributed by atoms with Gasteiger partial charge in [0.1, 0.15) is 5.84 Å². The van der Waals surface area contributed by atoms with E-state index in [1.807, 2.05) is 25.1 Å². The van der Waals surface area contributed by atoms with Gasteiger partial charge in [-0.25, -0.2) is 9.79 Å². The van der Waals surface area contributed by atoms with Crippen LogP contribution in [0.2, 0.25) is 0 Å². The third kappa shape index (κ3) is 4.82. The molecule has 3 aliphatic rings. The summed E-state index contributed by atoms with van der Waals surface area (Å²) in [5.74, 6) is 0.877. The van der Waals surface area contributed by atoms with Crippen LogP contribution in [0, 0.1) is 0 Å². The van der Waals surface area contributed by atoms with Crippen LogP contribution >= 0.6 is 15.9 Å². The number of rotatable bonds is 3. The number of carbonyl (C=O) groups is 1. The lowest BCUT2D eigenvalue weighted by Crippen LogP contribution is -2.52. The zero-order valence-electron chi connectivity index (χ0n) is 19.7. The topological polar surface area (TPSA) is 68.4 Å². The molecule has 2 fully saturated rings. The number of amidine groups is 1. The number of fused-ring (bicyclic) bond motifs is 2. The molecule has 3 aliphatic heterocycles. The molecule has 8 heteroatoms. The lowest BCUT2D eigenvalue weighted by atomic mass is 9.74. The third-order valence-electron chi connectivity index (χ3n) is 7.40. The Labute approximate surface area is 205 Å². The van der Waals surface area contributed by atoms with Crippen molar-refractivity contribution in [1.29, 1.82) is 0 Å². The van der Waals surface area contributed by atoms with E-state index in [9.17, 15) is 4.79 Å². The van der Waals surface area contributed by atoms with E-state index in [2.05, 4.69) is 55.5 Å². The molecule has 2 saturated heterocycles. The van der Waals surface area contributed by atoms with Crippen LogP contribution in [0.3, 0.4) is 0 Å². The van der Waals surface area contributed by atoms with E-state index >= 15 is 0 Å². The van der Waals surface area contributed by atoms with Crippen molar-refractivity contribution in [3.8, 4) is 0 Å². The van der Waals surface area contributed by atoms with Crippen molar-refractivity contribution in [2.45, 2.75) is 37.1 Å². The van der Waals surface area contributed by atoms with Crippen molar-refractivity contribution in [2.24, 2.45) is 10.7 Å². The standard InChI is InChI=1S/C25H35BrN6O/c1-4-23(28-17-22(26)27)31-13-9-19(10-14-31)30-15-11-25(12-16-30)18-32(24(33)29(2)3)21-8-6-5-7-20(21)25/h4-8,17,19H,1,9-16,18,27H2,2-3H3/b22-17-,28-23?. The van der Waals surface area contributed by atoms with Crippen LogP contribution in [0.5, 0.6) is 0 Å². The molecule has 0 unspecified atom stereocenters. The number of anilines is 1. The Hall–Kier alpha value is -2.32. The second kappa shape index (κ2) is 9.89. The lowest BCUT2D eigenvalue weighted by Gasteiger charge is -2.45. The molecular weight excluding hydrogens is 480 g/mol. The van der Waals surface area contributed by atoms with Gasteiger partial charge in [-0.2, -0.15) is 0 Å². The molecule has 1 aromatic carbocycles. The lowest BCUT2D eigenvalue weighted by molar-refractivity contribution is 0.0866. The molecule has 0 aliphatic carbocycles. The summed E-state index contributed by atoms with van der Waals surface area (Å²) < 4.78 is 0.512. The highest BCUT2D eigenvalue weighted by Gasteiger charge is 2.47. The number of hydrogen-bond acceptors (Lipinski definition) is 4. The molecule has 7 nitrogen and oxygen atoms in total. The molecule has 4 rings (SSSR count). The minimum Gasteiger partial charge on any atom is -0.392 e. The summed E-state index contributed by atoms with van der Waals surface area (Å²) in [4.78, 5) is 25.9. The zero-order chi connectivity index (χ0) is 23.6. The molecule has 0 bridgehead atoms. The van der Waals surface area contributed by atoms with Gasteiger partial charge in [0.25, 0.3) is 0 Å². The number of amides is 2. The van der Waals surface area contributed by atoms with Crippen molar-refractivity contribution in [3.63, 3.8) is 0 Å². The largest absolute Gasteiger partial charge is 0.392 e. The fraction of sp³-hybridized carbons (Fsp3) is 0.520. The molecule has 0 atom stereocenters. The molecular formula is C25H35BrN6O. The van der Waals surface area contributed by atoms with E-state index in [1.165, 1.54) is 5.56 Å². The number of likely N-dealkylation sites (tertiary alicyclic amines) is 2. The average Bonchev–Trinajstić information content (AvgIpc) is 3.14. The van der Waals surface area contributed by atoms with Gasteiger partial charge in [0.05, 0.1) is 10.8 Å². The van der Waals surface area contributed by atoms with Crippen molar-refractivity contribution < 1.29 is 4.79 Å². The second-order valence-electron chi connectivity index (χ2n) is 9.52. The van der Waals surface area contributed by atoms with Gasteiger partial charge in [0, 0.05) is 50.9 Å². The maximum atomic E-state index is 12.8. The highest BCUT2D eigenvalue weighted by molar-refractivity contribution is 9.11. The highest BCUT2D eigenvalue weighted by Crippen LogP contribution is 2.47. The van der Waals surface area contributed by atoms with Crippen LogP contribution < -0.4 is 10.6 Å². The second-order valence-corrected chi connectivity index (χ2v) is 10.4. The molecule has 178 valence electrons. The quantitative estimate of drug-likeness (QED) is 0.379. The molecule has 3 heterocycles. The first-order valence-corrected chi connectivity index (χ1v) is 12.5. The predicted molar refractivity (Wildman–Crippen MR) is 139 cm³/mol. The Bertz CT molecular complexity index is 938. The summed E-state index contributed by atoms with van der Waals surface area (Å²) in [6, 6.07) is 9.16. The smallest absolute Gasteiger partial charge is 0.323 e. The van der Waals surface area contributed by atoms with Gasteiger partial charge in [-0.15, -0.1) is 0 Å². The van der Waals surface area contributed by atoms with Crippen molar-refractivity contribution in [1.82, 2.24) is 14.7 Å². The summed E-state index contributed by atoms with van der Waals surface area (Å²) >= 11 is 3.22. The van der Waals surface area contributed by atoms with Crippen molar-refractivity contribution in [2.75, 3.05) is 51.7 Å². The number of benzene rings is 1. The summed E-state index contributed by atoms with van der Waals surface area (Å²) in [6.07, 6.45) is 7.85. The van der Waals surface area contributed by atoms with Gasteiger partial charge in [0.15, 0.2) is 0 Å². The molecule has 2 amide bonds. The maximum absolute atomic E-state index is 12.8. The first kappa shape index (κ1) is 23.8. The molecule has 1 aromatic rings. The minimum absolute atomic E-state index is 0.0735. The number of aliphatic imine (C=N–C) groups is 1. The Morgan fingerprint density at radius 1 is 1.21 bits per heavy atom. The monoisotopic (exact) mass is 514 g/mol. The summed E-state index contributed by atoms with van der Waals surface area (Å²) in [5.41, 5.74) is 8.16. The number of nitrogens with two attached hydrogens (primary N) is 1. The minimum atomic E-state index is 0.0735. The Balaban J connectivity index is 1.39. The number of piperidine rings is 2. The maximum Gasteiger partial charge on any atom is 0.323 e. The van der Waals surface area contributed by atoms with E-state index in [4.69, 9.17) is 5.73 Å². The molecule has 1 spiro atoms. The van der Waals surface area contributed by atoms with Gasteiger partial charge in [0.2, 0.25) is 0 Å². The normalized spacial score (nSPS) is 21.9. The van der Waals surface area contributed by atoms with Crippen molar-refractivity contribution >= 4 is 33.5 Å². The fourth-order valence-corrected chi connectivity index (χ4v) is 5.74. The van der Waals surface area contributed by atoms with Gasteiger partial charge >= 0.3 is 6.03 Å². The number of halogens is 1. The van der Waals surface area contributed by atoms with Crippen LogP contribution in [-0.4, -0.2) is 79.4 Å². The number of urea groups is 1. The van der Waals surface area contributed by atoms with Crippen LogP contribution in [-0.2, 0) is 5.41 Å². The number of carbonyl (C=O) groups excluding carboxylic acids is 1. The molecule has 0 saturated carbocycles. The van der Waals surface area contributed by atoms with Crippen LogP contribution in [0.1, 0.15) is 31.2 Å². The van der Waals surface area contributed by atoms with Crippen LogP contribution in [0.25, 0.3) is 0 Å². The number of hydrogen-bond donors (Lipinski definition) is 1. The van der Waals surface area contributed by atoms with Crippen molar-refractivity contribution in [3.05, 3.63) is 53.3 Å². The summed E-state index contributed by atoms with van der Waals surface area (Å²) in [7, 11) is 3.66. The number of para-hydroxylation sites is 1. The molecule has 33 heavy (non-hydrogen) atoms. The Morgan fingerprint density at radius 3 is 2.48 bits per heavy atom. The van der Waals surface area contributed by atoms with E-state index in [0.29, 0.717) is 10.6 Å². The van der Waals surface area contributed by atoms with Gasteiger partial charge in [-0.1, -0.05) is 24.8 Å². The predicted octanol–water partition coefficient (Wildman–Crippen LogP) is 3.72. The van der Waals surface area contributed by atoms with Gasteiger partial charge in [-0.3, -0.25) is 4.90 Å². The molecule has 0 aromatic heterocycles. The van der Waals surface area contributed by atoms with E-state index in [-0.39, 0.29) is 11.4 Å². The first-order chi connectivity index (χ1) is 15.8. The van der Waals surface area contributed by atoms with Crippen LogP contribution in [0.15, 0.2) is 52.7 Å². The SMILES string of the molecule is C=CC(=N/C=C(\N)Br)N1CCC(N2CCC3(CC2)CN(C(=O)N(C)C)c2ccccc23)CC1.